The van der Waals surface area contributed by atoms with E-state index in [9.17, 15) is 27.9 Å². The number of nitrogens with one attached hydrogen (secondary N) is 4. The molecule has 0 unspecified atom stereocenters. The van der Waals surface area contributed by atoms with E-state index in [1.165, 1.54) is 29.6 Å². The van der Waals surface area contributed by atoms with Gasteiger partial charge in [-0.15, -0.1) is 0 Å². The van der Waals surface area contributed by atoms with Crippen molar-refractivity contribution in [2.45, 2.75) is 69.0 Å². The molecule has 5 rings (SSSR count). The predicted molar refractivity (Wildman–Crippen MR) is 187 cm³/mol. The summed E-state index contributed by atoms with van der Waals surface area (Å²) >= 11 is 0. The molecule has 2 aromatic rings. The van der Waals surface area contributed by atoms with Crippen LogP contribution in [-0.4, -0.2) is 114 Å². The molecule has 0 saturated carbocycles. The first-order valence-corrected chi connectivity index (χ1v) is 18.8. The molecule has 2 aromatic carbocycles. The molecule has 17 heteroatoms. The molecule has 16 nitrogen and oxygen atoms in total. The lowest BCUT2D eigenvalue weighted by Crippen LogP contribution is -2.52. The SMILES string of the molecule is CNC(=O)NCC(=O)NCCCC(C)(C)CN(C[C@@H](O)[C@H](Cc1ccccc1)NC(=O)O[C@H]1CO[C@H]2OCC[C@H]21)S(=O)(=O)c1ccc2c(c1)OCO2. The zero-order valence-electron chi connectivity index (χ0n) is 29.7. The Bertz CT molecular complexity index is 1640. The quantitative estimate of drug-likeness (QED) is 0.148. The molecule has 286 valence electrons. The lowest BCUT2D eigenvalue weighted by atomic mass is 9.87. The van der Waals surface area contributed by atoms with Gasteiger partial charge in [-0.25, -0.2) is 18.0 Å². The molecule has 52 heavy (non-hydrogen) atoms. The second-order valence-electron chi connectivity index (χ2n) is 13.8. The Morgan fingerprint density at radius 2 is 1.83 bits per heavy atom. The van der Waals surface area contributed by atoms with Crippen LogP contribution in [0.2, 0.25) is 0 Å². The number of urea groups is 1. The van der Waals surface area contributed by atoms with Crippen LogP contribution in [0.15, 0.2) is 53.4 Å². The minimum Gasteiger partial charge on any atom is -0.454 e. The lowest BCUT2D eigenvalue weighted by molar-refractivity contribution is -0.120. The van der Waals surface area contributed by atoms with Crippen molar-refractivity contribution >= 4 is 28.1 Å². The number of ether oxygens (including phenoxy) is 5. The Morgan fingerprint density at radius 1 is 1.06 bits per heavy atom. The number of aliphatic hydroxyl groups excluding tert-OH is 1. The highest BCUT2D eigenvalue weighted by atomic mass is 32.2. The second-order valence-corrected chi connectivity index (χ2v) is 15.8. The molecule has 2 fully saturated rings. The smallest absolute Gasteiger partial charge is 0.407 e. The topological polar surface area (TPSA) is 203 Å². The van der Waals surface area contributed by atoms with E-state index in [1.54, 1.807) is 0 Å². The summed E-state index contributed by atoms with van der Waals surface area (Å²) in [6.07, 6.45) is -1.12. The highest BCUT2D eigenvalue weighted by Crippen LogP contribution is 2.36. The van der Waals surface area contributed by atoms with Crippen LogP contribution in [0.25, 0.3) is 0 Å². The second kappa shape index (κ2) is 17.6. The molecule has 0 aliphatic carbocycles. The zero-order valence-corrected chi connectivity index (χ0v) is 30.5. The number of fused-ring (bicyclic) bond motifs is 2. The number of sulfonamides is 1. The third-order valence-corrected chi connectivity index (χ3v) is 11.1. The summed E-state index contributed by atoms with van der Waals surface area (Å²) in [5.74, 6) is 0.274. The van der Waals surface area contributed by atoms with Crippen molar-refractivity contribution in [1.82, 2.24) is 25.6 Å². The van der Waals surface area contributed by atoms with Gasteiger partial charge in [-0.05, 0) is 48.8 Å². The number of rotatable bonds is 17. The van der Waals surface area contributed by atoms with Crippen LogP contribution in [0.4, 0.5) is 9.59 Å². The molecule has 3 aliphatic rings. The summed E-state index contributed by atoms with van der Waals surface area (Å²) in [7, 11) is -2.78. The van der Waals surface area contributed by atoms with Crippen molar-refractivity contribution < 1.29 is 51.6 Å². The Hall–Kier alpha value is -4.16. The maximum absolute atomic E-state index is 14.3. The number of carbonyl (C=O) groups excluding carboxylic acids is 3. The number of hydrogen-bond acceptors (Lipinski definition) is 11. The van der Waals surface area contributed by atoms with Crippen LogP contribution < -0.4 is 30.7 Å². The van der Waals surface area contributed by atoms with Gasteiger partial charge in [0.1, 0.15) is 6.10 Å². The van der Waals surface area contributed by atoms with Crippen molar-refractivity contribution in [3.63, 3.8) is 0 Å². The number of alkyl carbamates (subject to hydrolysis) is 1. The lowest BCUT2D eigenvalue weighted by Gasteiger charge is -2.35. The first-order valence-electron chi connectivity index (χ1n) is 17.4. The van der Waals surface area contributed by atoms with E-state index in [1.807, 2.05) is 44.2 Å². The van der Waals surface area contributed by atoms with Gasteiger partial charge in [0, 0.05) is 32.7 Å². The van der Waals surface area contributed by atoms with Crippen molar-refractivity contribution in [3.05, 3.63) is 54.1 Å². The summed E-state index contributed by atoms with van der Waals surface area (Å²) in [4.78, 5) is 36.7. The highest BCUT2D eigenvalue weighted by Gasteiger charge is 2.44. The Labute approximate surface area is 303 Å². The van der Waals surface area contributed by atoms with Gasteiger partial charge in [0.15, 0.2) is 17.8 Å². The third-order valence-electron chi connectivity index (χ3n) is 9.28. The van der Waals surface area contributed by atoms with Gasteiger partial charge in [0.25, 0.3) is 0 Å². The fourth-order valence-electron chi connectivity index (χ4n) is 6.45. The first kappa shape index (κ1) is 39.1. The molecule has 3 heterocycles. The molecule has 3 aliphatic heterocycles. The van der Waals surface area contributed by atoms with Crippen molar-refractivity contribution in [1.29, 1.82) is 0 Å². The molecular formula is C35H49N5O11S. The van der Waals surface area contributed by atoms with Crippen molar-refractivity contribution in [3.8, 4) is 11.5 Å². The van der Waals surface area contributed by atoms with E-state index in [-0.39, 0.29) is 56.2 Å². The summed E-state index contributed by atoms with van der Waals surface area (Å²) in [6, 6.07) is 12.2. The Kier molecular flexibility index (Phi) is 13.2. The van der Waals surface area contributed by atoms with E-state index < -0.39 is 52.1 Å². The summed E-state index contributed by atoms with van der Waals surface area (Å²) in [6.45, 7) is 4.25. The van der Waals surface area contributed by atoms with Gasteiger partial charge in [-0.3, -0.25) is 4.79 Å². The number of hydrogen-bond donors (Lipinski definition) is 5. The molecule has 0 radical (unpaired) electrons. The van der Waals surface area contributed by atoms with Crippen molar-refractivity contribution in [2.75, 3.05) is 53.2 Å². The minimum atomic E-state index is -4.23. The molecule has 0 aromatic heterocycles. The van der Waals surface area contributed by atoms with Crippen LogP contribution in [0.1, 0.15) is 38.7 Å². The van der Waals surface area contributed by atoms with E-state index in [2.05, 4.69) is 21.3 Å². The molecular weight excluding hydrogens is 698 g/mol. The number of nitrogens with zero attached hydrogens (tertiary/aromatic N) is 1. The van der Waals surface area contributed by atoms with Crippen molar-refractivity contribution in [2.24, 2.45) is 11.3 Å². The third kappa shape index (κ3) is 10.5. The maximum Gasteiger partial charge on any atom is 0.407 e. The van der Waals surface area contributed by atoms with E-state index in [4.69, 9.17) is 23.7 Å². The Balaban J connectivity index is 1.31. The van der Waals surface area contributed by atoms with Gasteiger partial charge in [0.2, 0.25) is 22.7 Å². The van der Waals surface area contributed by atoms with Gasteiger partial charge >= 0.3 is 12.1 Å². The molecule has 5 atom stereocenters. The molecule has 0 spiro atoms. The molecule has 2 saturated heterocycles. The summed E-state index contributed by atoms with van der Waals surface area (Å²) < 4.78 is 57.6. The highest BCUT2D eigenvalue weighted by molar-refractivity contribution is 7.89. The normalized spacial score (nSPS) is 20.5. The number of aliphatic hydroxyl groups is 1. The standard InChI is InChI=1S/C35H49N5O11S/c1-35(2,13-7-14-37-31(42)18-38-33(43)36-3)21-40(52(45,46)24-10-11-28-29(17-24)50-22-49-28)19-27(41)26(16-23-8-5-4-6-9-23)39-34(44)51-30-20-48-32-25(30)12-15-47-32/h4-6,8-11,17,25-27,30,32,41H,7,12-16,18-22H2,1-3H3,(H,37,42)(H,39,44)(H2,36,38,43)/t25-,26-,27+,30-,32+/m0/s1. The largest absolute Gasteiger partial charge is 0.454 e. The summed E-state index contributed by atoms with van der Waals surface area (Å²) in [5.41, 5.74) is 0.191. The molecule has 0 bridgehead atoms. The van der Waals surface area contributed by atoms with Gasteiger partial charge in [0.05, 0.1) is 42.7 Å². The van der Waals surface area contributed by atoms with Gasteiger partial charge in [-0.1, -0.05) is 44.2 Å². The number of benzene rings is 2. The number of amides is 4. The fraction of sp³-hybridized carbons (Fsp3) is 0.571. The van der Waals surface area contributed by atoms with E-state index in [0.29, 0.717) is 43.9 Å². The van der Waals surface area contributed by atoms with E-state index >= 15 is 0 Å². The first-order chi connectivity index (χ1) is 24.8. The molecule has 4 amide bonds. The van der Waals surface area contributed by atoms with Crippen LogP contribution in [0, 0.1) is 11.3 Å². The molecule has 5 N–H and O–H groups in total. The summed E-state index contributed by atoms with van der Waals surface area (Å²) in [5, 5.41) is 22.1. The fourth-order valence-corrected chi connectivity index (χ4v) is 8.12. The van der Waals surface area contributed by atoms with Gasteiger partial charge in [-0.2, -0.15) is 4.31 Å². The minimum absolute atomic E-state index is 0.00199. The van der Waals surface area contributed by atoms with E-state index in [0.717, 1.165) is 5.56 Å². The van der Waals surface area contributed by atoms with Crippen LogP contribution in [0.5, 0.6) is 11.5 Å². The average molecular weight is 748 g/mol. The van der Waals surface area contributed by atoms with Crippen LogP contribution >= 0.6 is 0 Å². The predicted octanol–water partition coefficient (Wildman–Crippen LogP) is 1.72. The van der Waals surface area contributed by atoms with Gasteiger partial charge < -0.3 is 50.1 Å². The average Bonchev–Trinajstić information content (AvgIpc) is 3.88. The maximum atomic E-state index is 14.3. The monoisotopic (exact) mass is 747 g/mol. The number of carbonyl (C=O) groups is 3. The van der Waals surface area contributed by atoms with Crippen LogP contribution in [0.3, 0.4) is 0 Å². The van der Waals surface area contributed by atoms with Crippen LogP contribution in [-0.2, 0) is 35.4 Å². The zero-order chi connectivity index (χ0) is 37.3. The Morgan fingerprint density at radius 3 is 2.60 bits per heavy atom.